The summed E-state index contributed by atoms with van der Waals surface area (Å²) < 4.78 is 45.1. The van der Waals surface area contributed by atoms with E-state index in [2.05, 4.69) is 5.32 Å². The Bertz CT molecular complexity index is 1300. The zero-order valence-electron chi connectivity index (χ0n) is 18.2. The fourth-order valence-electron chi connectivity index (χ4n) is 4.27. The Hall–Kier alpha value is -3.12. The molecule has 35 heavy (non-hydrogen) atoms. The SMILES string of the molecule is O=C(NCc1ccc(F)cc1F)c1cn2c(c(O)c1=O)C(=O)N(CCP(=O)(O)O)CC21CCOC1. The molecule has 1 unspecified atom stereocenters. The van der Waals surface area contributed by atoms with Crippen LogP contribution in [0, 0.1) is 11.6 Å². The van der Waals surface area contributed by atoms with Gasteiger partial charge in [-0.15, -0.1) is 0 Å². The third kappa shape index (κ3) is 4.85. The van der Waals surface area contributed by atoms with Gasteiger partial charge in [0, 0.05) is 44.1 Å². The molecule has 1 saturated heterocycles. The number of aromatic hydroxyl groups is 1. The van der Waals surface area contributed by atoms with Crippen molar-refractivity contribution in [1.29, 1.82) is 0 Å². The number of carbonyl (C=O) groups excluding carboxylic acids is 2. The Morgan fingerprint density at radius 3 is 2.63 bits per heavy atom. The van der Waals surface area contributed by atoms with Crippen molar-refractivity contribution in [2.24, 2.45) is 0 Å². The van der Waals surface area contributed by atoms with E-state index >= 15 is 0 Å². The average Bonchev–Trinajstić information content (AvgIpc) is 3.25. The minimum atomic E-state index is -4.42. The Morgan fingerprint density at radius 2 is 2.00 bits per heavy atom. The number of hydrogen-bond donors (Lipinski definition) is 4. The lowest BCUT2D eigenvalue weighted by molar-refractivity contribution is 0.0510. The largest absolute Gasteiger partial charge is 0.503 e. The molecular formula is C21H22F2N3O8P. The van der Waals surface area contributed by atoms with Gasteiger partial charge in [-0.25, -0.2) is 8.78 Å². The number of amides is 2. The van der Waals surface area contributed by atoms with Gasteiger partial charge >= 0.3 is 7.60 Å². The fraction of sp³-hybridized carbons (Fsp3) is 0.381. The highest BCUT2D eigenvalue weighted by atomic mass is 31.2. The summed E-state index contributed by atoms with van der Waals surface area (Å²) in [4.78, 5) is 58.2. The first-order valence-corrected chi connectivity index (χ1v) is 12.3. The number of aromatic nitrogens is 1. The lowest BCUT2D eigenvalue weighted by Crippen LogP contribution is -2.56. The highest BCUT2D eigenvalue weighted by Gasteiger charge is 2.47. The van der Waals surface area contributed by atoms with Crippen molar-refractivity contribution in [2.75, 3.05) is 32.5 Å². The van der Waals surface area contributed by atoms with E-state index in [0.717, 1.165) is 23.2 Å². The van der Waals surface area contributed by atoms with E-state index in [1.807, 2.05) is 0 Å². The van der Waals surface area contributed by atoms with Crippen molar-refractivity contribution in [3.05, 3.63) is 63.1 Å². The molecule has 4 N–H and O–H groups in total. The predicted molar refractivity (Wildman–Crippen MR) is 116 cm³/mol. The first-order chi connectivity index (χ1) is 16.4. The van der Waals surface area contributed by atoms with E-state index in [9.17, 15) is 42.6 Å². The molecule has 14 heteroatoms. The van der Waals surface area contributed by atoms with Crippen molar-refractivity contribution in [3.8, 4) is 5.75 Å². The van der Waals surface area contributed by atoms with Gasteiger partial charge in [0.25, 0.3) is 11.8 Å². The molecule has 2 aliphatic heterocycles. The molecular weight excluding hydrogens is 491 g/mol. The average molecular weight is 513 g/mol. The van der Waals surface area contributed by atoms with E-state index in [4.69, 9.17) is 4.74 Å². The summed E-state index contributed by atoms with van der Waals surface area (Å²) in [5.41, 5.74) is -3.08. The van der Waals surface area contributed by atoms with Crippen LogP contribution in [0.1, 0.15) is 32.8 Å². The quantitative estimate of drug-likeness (QED) is 0.407. The summed E-state index contributed by atoms with van der Waals surface area (Å²) in [6, 6.07) is 2.80. The Kier molecular flexibility index (Phi) is 6.54. The summed E-state index contributed by atoms with van der Waals surface area (Å²) in [5.74, 6) is -4.46. The lowest BCUT2D eigenvalue weighted by Gasteiger charge is -2.42. The van der Waals surface area contributed by atoms with Gasteiger partial charge in [-0.2, -0.15) is 0 Å². The molecule has 0 bridgehead atoms. The van der Waals surface area contributed by atoms with Gasteiger partial charge in [0.15, 0.2) is 11.4 Å². The van der Waals surface area contributed by atoms with Crippen LogP contribution in [0.2, 0.25) is 0 Å². The maximum atomic E-state index is 13.9. The van der Waals surface area contributed by atoms with Gasteiger partial charge in [0.05, 0.1) is 18.3 Å². The minimum Gasteiger partial charge on any atom is -0.503 e. The van der Waals surface area contributed by atoms with E-state index in [1.54, 1.807) is 0 Å². The van der Waals surface area contributed by atoms with Gasteiger partial charge < -0.3 is 34.4 Å². The van der Waals surface area contributed by atoms with Crippen LogP contribution in [0.3, 0.4) is 0 Å². The van der Waals surface area contributed by atoms with E-state index in [-0.39, 0.29) is 38.4 Å². The van der Waals surface area contributed by atoms with Gasteiger partial charge in [-0.1, -0.05) is 6.07 Å². The number of nitrogens with one attached hydrogen (secondary N) is 1. The normalized spacial score (nSPS) is 19.8. The van der Waals surface area contributed by atoms with Crippen LogP contribution < -0.4 is 10.7 Å². The zero-order valence-corrected chi connectivity index (χ0v) is 19.1. The second-order valence-corrected chi connectivity index (χ2v) is 10.3. The topological polar surface area (TPSA) is 158 Å². The summed E-state index contributed by atoms with van der Waals surface area (Å²) in [5, 5.41) is 13.0. The summed E-state index contributed by atoms with van der Waals surface area (Å²) in [6.07, 6.45) is 0.853. The Morgan fingerprint density at radius 1 is 1.26 bits per heavy atom. The first kappa shape index (κ1) is 25.0. The number of benzene rings is 1. The summed E-state index contributed by atoms with van der Waals surface area (Å²) >= 11 is 0. The third-order valence-corrected chi connectivity index (χ3v) is 6.89. The van der Waals surface area contributed by atoms with E-state index in [0.29, 0.717) is 12.5 Å². The molecule has 0 aliphatic carbocycles. The van der Waals surface area contributed by atoms with Crippen LogP contribution >= 0.6 is 7.60 Å². The van der Waals surface area contributed by atoms with Gasteiger partial charge in [-0.05, 0) is 12.5 Å². The molecule has 188 valence electrons. The van der Waals surface area contributed by atoms with E-state index < -0.39 is 65.2 Å². The van der Waals surface area contributed by atoms with Gasteiger partial charge in [0.1, 0.15) is 17.2 Å². The molecule has 4 rings (SSSR count). The first-order valence-electron chi connectivity index (χ1n) is 10.5. The number of fused-ring (bicyclic) bond motifs is 2. The molecule has 0 radical (unpaired) electrons. The Labute approximate surface area is 197 Å². The second kappa shape index (κ2) is 9.15. The number of pyridine rings is 1. The maximum absolute atomic E-state index is 13.9. The number of carbonyl (C=O) groups is 2. The number of halogens is 2. The molecule has 11 nitrogen and oxygen atoms in total. The van der Waals surface area contributed by atoms with E-state index in [1.165, 1.54) is 4.57 Å². The number of hydrogen-bond acceptors (Lipinski definition) is 6. The van der Waals surface area contributed by atoms with Crippen molar-refractivity contribution >= 4 is 19.4 Å². The summed E-state index contributed by atoms with van der Waals surface area (Å²) in [7, 11) is -4.42. The highest BCUT2D eigenvalue weighted by molar-refractivity contribution is 7.51. The van der Waals surface area contributed by atoms with Crippen molar-refractivity contribution < 1.29 is 42.6 Å². The standard InChI is InChI=1S/C21H22F2N3O8P/c22-13-2-1-12(15(23)7-13)8-24-19(29)14-9-26-16(18(28)17(14)27)20(30)25(4-6-35(31,32)33)10-21(26)3-5-34-11-21/h1-2,7,9,28H,3-6,8,10-11H2,(H,24,29)(H2,31,32,33). The lowest BCUT2D eigenvalue weighted by atomic mass is 9.92. The molecule has 1 aromatic carbocycles. The van der Waals surface area contributed by atoms with Crippen LogP contribution in [0.25, 0.3) is 0 Å². The van der Waals surface area contributed by atoms with Crippen molar-refractivity contribution in [2.45, 2.75) is 18.5 Å². The van der Waals surface area contributed by atoms with Crippen molar-refractivity contribution in [3.63, 3.8) is 0 Å². The summed E-state index contributed by atoms with van der Waals surface area (Å²) in [6.45, 7) is -0.370. The smallest absolute Gasteiger partial charge is 0.327 e. The molecule has 1 aromatic heterocycles. The molecule has 1 fully saturated rings. The van der Waals surface area contributed by atoms with Crippen LogP contribution in [0.4, 0.5) is 8.78 Å². The maximum Gasteiger partial charge on any atom is 0.327 e. The fourth-order valence-corrected chi connectivity index (χ4v) is 4.78. The number of rotatable bonds is 6. The molecule has 2 aliphatic rings. The van der Waals surface area contributed by atoms with Crippen LogP contribution in [-0.4, -0.2) is 68.6 Å². The van der Waals surface area contributed by atoms with Gasteiger partial charge in [0.2, 0.25) is 5.43 Å². The molecule has 2 amide bonds. The highest BCUT2D eigenvalue weighted by Crippen LogP contribution is 2.38. The number of nitrogens with zero attached hydrogens (tertiary/aromatic N) is 2. The zero-order chi connectivity index (χ0) is 25.5. The molecule has 2 aromatic rings. The molecule has 1 atom stereocenters. The molecule has 1 spiro atoms. The van der Waals surface area contributed by atoms with Crippen LogP contribution in [0.15, 0.2) is 29.2 Å². The molecule has 3 heterocycles. The predicted octanol–water partition coefficient (Wildman–Crippen LogP) is 0.511. The van der Waals surface area contributed by atoms with Crippen LogP contribution in [0.5, 0.6) is 5.75 Å². The second-order valence-electron chi connectivity index (χ2n) is 8.50. The third-order valence-electron chi connectivity index (χ3n) is 6.11. The number of ether oxygens (including phenoxy) is 1. The van der Waals surface area contributed by atoms with Crippen LogP contribution in [-0.2, 0) is 21.4 Å². The van der Waals surface area contributed by atoms with Gasteiger partial charge in [-0.3, -0.25) is 18.9 Å². The Balaban J connectivity index is 1.69. The van der Waals surface area contributed by atoms with Crippen molar-refractivity contribution in [1.82, 2.24) is 14.8 Å². The monoisotopic (exact) mass is 513 g/mol. The molecule has 0 saturated carbocycles. The minimum absolute atomic E-state index is 0.0248.